The molecular formula is C13H14BrNS. The molecule has 0 aliphatic carbocycles. The third-order valence-corrected chi connectivity index (χ3v) is 4.21. The average Bonchev–Trinajstić information content (AvgIpc) is 2.75. The van der Waals surface area contributed by atoms with E-state index >= 15 is 0 Å². The van der Waals surface area contributed by atoms with Crippen LogP contribution in [0.1, 0.15) is 22.0 Å². The molecule has 0 fully saturated rings. The van der Waals surface area contributed by atoms with E-state index in [1.54, 1.807) is 11.3 Å². The molecule has 0 spiro atoms. The molecular weight excluding hydrogens is 282 g/mol. The summed E-state index contributed by atoms with van der Waals surface area (Å²) in [7, 11) is 2.00. The smallest absolute Gasteiger partial charge is 0.0679 e. The van der Waals surface area contributed by atoms with Crippen molar-refractivity contribution in [2.75, 3.05) is 7.05 Å². The third-order valence-electron chi connectivity index (χ3n) is 2.58. The first-order valence-corrected chi connectivity index (χ1v) is 6.86. The number of thiophene rings is 1. The average molecular weight is 296 g/mol. The molecule has 1 heterocycles. The van der Waals surface area contributed by atoms with Crippen molar-refractivity contribution in [2.24, 2.45) is 0 Å². The SMILES string of the molecule is CNC(c1cccs1)c1ccc(C)cc1Br. The van der Waals surface area contributed by atoms with Gasteiger partial charge in [-0.2, -0.15) is 0 Å². The highest BCUT2D eigenvalue weighted by molar-refractivity contribution is 9.10. The van der Waals surface area contributed by atoms with Crippen LogP contribution in [0.4, 0.5) is 0 Å². The molecule has 0 bridgehead atoms. The van der Waals surface area contributed by atoms with Crippen LogP contribution in [0.2, 0.25) is 0 Å². The van der Waals surface area contributed by atoms with Gasteiger partial charge >= 0.3 is 0 Å². The van der Waals surface area contributed by atoms with Gasteiger partial charge in [0, 0.05) is 9.35 Å². The Morgan fingerprint density at radius 3 is 2.69 bits per heavy atom. The van der Waals surface area contributed by atoms with Crippen molar-refractivity contribution in [3.63, 3.8) is 0 Å². The van der Waals surface area contributed by atoms with Gasteiger partial charge in [-0.25, -0.2) is 0 Å². The van der Waals surface area contributed by atoms with E-state index in [-0.39, 0.29) is 6.04 Å². The predicted octanol–water partition coefficient (Wildman–Crippen LogP) is 4.13. The fourth-order valence-corrected chi connectivity index (χ4v) is 3.35. The van der Waals surface area contributed by atoms with Crippen LogP contribution in [-0.4, -0.2) is 7.05 Å². The van der Waals surface area contributed by atoms with Crippen LogP contribution in [0.3, 0.4) is 0 Å². The highest BCUT2D eigenvalue weighted by Gasteiger charge is 2.15. The number of aryl methyl sites for hydroxylation is 1. The molecule has 1 aromatic carbocycles. The summed E-state index contributed by atoms with van der Waals surface area (Å²) in [6.45, 7) is 2.11. The molecule has 0 saturated carbocycles. The molecule has 0 aliphatic heterocycles. The zero-order chi connectivity index (χ0) is 11.5. The van der Waals surface area contributed by atoms with E-state index in [0.29, 0.717) is 0 Å². The van der Waals surface area contributed by atoms with Gasteiger partial charge in [-0.3, -0.25) is 0 Å². The Bertz CT molecular complexity index is 465. The standard InChI is InChI=1S/C13H14BrNS/c1-9-5-6-10(11(14)8-9)13(15-2)12-4-3-7-16-12/h3-8,13,15H,1-2H3. The van der Waals surface area contributed by atoms with Crippen molar-refractivity contribution in [1.82, 2.24) is 5.32 Å². The van der Waals surface area contributed by atoms with Gasteiger partial charge in [0.15, 0.2) is 0 Å². The fourth-order valence-electron chi connectivity index (χ4n) is 1.77. The summed E-state index contributed by atoms with van der Waals surface area (Å²) in [5, 5.41) is 5.47. The molecule has 1 atom stereocenters. The van der Waals surface area contributed by atoms with Crippen LogP contribution in [0.15, 0.2) is 40.2 Å². The normalized spacial score (nSPS) is 12.7. The maximum atomic E-state index is 3.64. The Balaban J connectivity index is 2.41. The summed E-state index contributed by atoms with van der Waals surface area (Å²) in [5.41, 5.74) is 2.56. The van der Waals surface area contributed by atoms with Crippen LogP contribution in [0, 0.1) is 6.92 Å². The van der Waals surface area contributed by atoms with Crippen molar-refractivity contribution in [1.29, 1.82) is 0 Å². The van der Waals surface area contributed by atoms with Crippen molar-refractivity contribution in [3.05, 3.63) is 56.2 Å². The van der Waals surface area contributed by atoms with Crippen LogP contribution in [0.25, 0.3) is 0 Å². The summed E-state index contributed by atoms with van der Waals surface area (Å²) < 4.78 is 1.17. The largest absolute Gasteiger partial charge is 0.309 e. The molecule has 1 nitrogen and oxygen atoms in total. The van der Waals surface area contributed by atoms with E-state index in [1.165, 1.54) is 20.5 Å². The molecule has 0 radical (unpaired) electrons. The minimum atomic E-state index is 0.273. The highest BCUT2D eigenvalue weighted by Crippen LogP contribution is 2.31. The molecule has 0 saturated heterocycles. The maximum Gasteiger partial charge on any atom is 0.0679 e. The van der Waals surface area contributed by atoms with Crippen molar-refractivity contribution >= 4 is 27.3 Å². The van der Waals surface area contributed by atoms with Gasteiger partial charge in [0.1, 0.15) is 0 Å². The lowest BCUT2D eigenvalue weighted by atomic mass is 10.0. The zero-order valence-corrected chi connectivity index (χ0v) is 11.7. The van der Waals surface area contributed by atoms with E-state index < -0.39 is 0 Å². The van der Waals surface area contributed by atoms with Crippen LogP contribution in [-0.2, 0) is 0 Å². The molecule has 1 unspecified atom stereocenters. The Morgan fingerprint density at radius 1 is 1.31 bits per heavy atom. The van der Waals surface area contributed by atoms with Crippen molar-refractivity contribution < 1.29 is 0 Å². The van der Waals surface area contributed by atoms with Gasteiger partial charge in [0.25, 0.3) is 0 Å². The second kappa shape index (κ2) is 5.13. The number of hydrogen-bond donors (Lipinski definition) is 1. The Kier molecular flexibility index (Phi) is 3.79. The first-order chi connectivity index (χ1) is 7.72. The van der Waals surface area contributed by atoms with Crippen LogP contribution < -0.4 is 5.32 Å². The Hall–Kier alpha value is -0.640. The Morgan fingerprint density at radius 2 is 2.12 bits per heavy atom. The van der Waals surface area contributed by atoms with Gasteiger partial charge in [-0.05, 0) is 42.6 Å². The highest BCUT2D eigenvalue weighted by atomic mass is 79.9. The molecule has 1 aromatic heterocycles. The summed E-state index contributed by atoms with van der Waals surface area (Å²) in [6.07, 6.45) is 0. The lowest BCUT2D eigenvalue weighted by molar-refractivity contribution is 0.700. The van der Waals surface area contributed by atoms with E-state index in [9.17, 15) is 0 Å². The molecule has 2 aromatic rings. The lowest BCUT2D eigenvalue weighted by Crippen LogP contribution is -2.16. The number of benzene rings is 1. The van der Waals surface area contributed by atoms with Gasteiger partial charge in [-0.1, -0.05) is 34.1 Å². The van der Waals surface area contributed by atoms with Crippen LogP contribution >= 0.6 is 27.3 Å². The molecule has 84 valence electrons. The van der Waals surface area contributed by atoms with E-state index in [2.05, 4.69) is 63.9 Å². The minimum Gasteiger partial charge on any atom is -0.309 e. The van der Waals surface area contributed by atoms with Crippen molar-refractivity contribution in [3.8, 4) is 0 Å². The number of halogens is 1. The predicted molar refractivity (Wildman–Crippen MR) is 74.1 cm³/mol. The summed E-state index contributed by atoms with van der Waals surface area (Å²) in [5.74, 6) is 0. The summed E-state index contributed by atoms with van der Waals surface area (Å²) in [6, 6.07) is 11.0. The monoisotopic (exact) mass is 295 g/mol. The lowest BCUT2D eigenvalue weighted by Gasteiger charge is -2.17. The molecule has 0 aliphatic rings. The number of rotatable bonds is 3. The van der Waals surface area contributed by atoms with Gasteiger partial charge < -0.3 is 5.32 Å². The topological polar surface area (TPSA) is 12.0 Å². The zero-order valence-electron chi connectivity index (χ0n) is 9.33. The van der Waals surface area contributed by atoms with E-state index in [1.807, 2.05) is 7.05 Å². The second-order valence-electron chi connectivity index (χ2n) is 3.76. The summed E-state index contributed by atoms with van der Waals surface area (Å²) in [4.78, 5) is 1.34. The van der Waals surface area contributed by atoms with Gasteiger partial charge in [0.05, 0.1) is 6.04 Å². The number of hydrogen-bond acceptors (Lipinski definition) is 2. The molecule has 3 heteroatoms. The van der Waals surface area contributed by atoms with E-state index in [0.717, 1.165) is 0 Å². The first kappa shape index (κ1) is 11.8. The van der Waals surface area contributed by atoms with E-state index in [4.69, 9.17) is 0 Å². The fraction of sp³-hybridized carbons (Fsp3) is 0.231. The summed E-state index contributed by atoms with van der Waals surface area (Å²) >= 11 is 5.42. The van der Waals surface area contributed by atoms with Gasteiger partial charge in [-0.15, -0.1) is 11.3 Å². The third kappa shape index (κ3) is 2.37. The minimum absolute atomic E-state index is 0.273. The maximum absolute atomic E-state index is 3.64. The number of nitrogens with one attached hydrogen (secondary N) is 1. The van der Waals surface area contributed by atoms with Crippen molar-refractivity contribution in [2.45, 2.75) is 13.0 Å². The first-order valence-electron chi connectivity index (χ1n) is 5.19. The molecule has 1 N–H and O–H groups in total. The van der Waals surface area contributed by atoms with Crippen LogP contribution in [0.5, 0.6) is 0 Å². The molecule has 2 rings (SSSR count). The Labute approximate surface area is 109 Å². The van der Waals surface area contributed by atoms with Gasteiger partial charge in [0.2, 0.25) is 0 Å². The quantitative estimate of drug-likeness (QED) is 0.898. The second-order valence-corrected chi connectivity index (χ2v) is 5.60. The molecule has 0 amide bonds. The molecule has 16 heavy (non-hydrogen) atoms.